The summed E-state index contributed by atoms with van der Waals surface area (Å²) < 4.78 is 6.24. The predicted octanol–water partition coefficient (Wildman–Crippen LogP) is 5.74. The highest BCUT2D eigenvalue weighted by Crippen LogP contribution is 2.43. The summed E-state index contributed by atoms with van der Waals surface area (Å²) in [5, 5.41) is 0. The normalized spacial score (nSPS) is 19.8. The first-order valence-electron chi connectivity index (χ1n) is 9.07. The van der Waals surface area contributed by atoms with Gasteiger partial charge in [-0.15, -0.1) is 0 Å². The lowest BCUT2D eigenvalue weighted by Crippen LogP contribution is -2.45. The van der Waals surface area contributed by atoms with Crippen LogP contribution in [-0.4, -0.2) is 11.6 Å². The van der Waals surface area contributed by atoms with Crippen molar-refractivity contribution in [1.29, 1.82) is 0 Å². The van der Waals surface area contributed by atoms with Gasteiger partial charge in [0.2, 0.25) is 0 Å². The second-order valence-corrected chi connectivity index (χ2v) is 7.65. The summed E-state index contributed by atoms with van der Waals surface area (Å²) in [5.41, 5.74) is -0.552. The van der Waals surface area contributed by atoms with Crippen LogP contribution in [0, 0.1) is 17.3 Å². The number of hydrogen-bond acceptors (Lipinski definition) is 2. The van der Waals surface area contributed by atoms with E-state index in [1.54, 1.807) is 0 Å². The summed E-state index contributed by atoms with van der Waals surface area (Å²) in [6.07, 6.45) is 8.70. The van der Waals surface area contributed by atoms with Gasteiger partial charge in [0.05, 0.1) is 5.41 Å². The molecule has 1 unspecified atom stereocenters. The first-order valence-corrected chi connectivity index (χ1v) is 9.07. The molecule has 124 valence electrons. The quantitative estimate of drug-likeness (QED) is 0.534. The molecule has 0 aromatic carbocycles. The lowest BCUT2D eigenvalue weighted by Gasteiger charge is -2.40. The van der Waals surface area contributed by atoms with Gasteiger partial charge in [-0.2, -0.15) is 0 Å². The highest BCUT2D eigenvalue weighted by Gasteiger charge is 2.44. The van der Waals surface area contributed by atoms with Crippen LogP contribution in [0.5, 0.6) is 0 Å². The lowest BCUT2D eigenvalue weighted by molar-refractivity contribution is -0.180. The van der Waals surface area contributed by atoms with Crippen molar-refractivity contribution in [2.45, 2.75) is 98.5 Å². The molecule has 21 heavy (non-hydrogen) atoms. The third-order valence-electron chi connectivity index (χ3n) is 5.72. The van der Waals surface area contributed by atoms with Gasteiger partial charge in [0.15, 0.2) is 0 Å². The SMILES string of the molecule is CCC(C)(CC(C)C)C(=O)OC(CC)(CC)C1CCCC1. The molecule has 1 saturated carbocycles. The van der Waals surface area contributed by atoms with Gasteiger partial charge < -0.3 is 4.74 Å². The Hall–Kier alpha value is -0.530. The maximum Gasteiger partial charge on any atom is 0.312 e. The Morgan fingerprint density at radius 1 is 1.10 bits per heavy atom. The highest BCUT2D eigenvalue weighted by atomic mass is 16.6. The Kier molecular flexibility index (Phi) is 6.74. The molecule has 0 aromatic heterocycles. The smallest absolute Gasteiger partial charge is 0.312 e. The average molecular weight is 296 g/mol. The van der Waals surface area contributed by atoms with E-state index in [0.717, 1.165) is 25.7 Å². The van der Waals surface area contributed by atoms with Crippen molar-refractivity contribution in [2.75, 3.05) is 0 Å². The first kappa shape index (κ1) is 18.5. The zero-order valence-electron chi connectivity index (χ0n) is 15.1. The van der Waals surface area contributed by atoms with Crippen molar-refractivity contribution in [2.24, 2.45) is 17.3 Å². The van der Waals surface area contributed by atoms with Crippen molar-refractivity contribution < 1.29 is 9.53 Å². The minimum atomic E-state index is -0.331. The maximum absolute atomic E-state index is 12.9. The Morgan fingerprint density at radius 3 is 2.00 bits per heavy atom. The number of ether oxygens (including phenoxy) is 1. The summed E-state index contributed by atoms with van der Waals surface area (Å²) in [6.45, 7) is 12.9. The molecular weight excluding hydrogens is 260 g/mol. The molecule has 0 aliphatic heterocycles. The molecule has 1 fully saturated rings. The molecule has 0 radical (unpaired) electrons. The molecule has 0 spiro atoms. The molecule has 0 amide bonds. The largest absolute Gasteiger partial charge is 0.458 e. The van der Waals surface area contributed by atoms with E-state index in [2.05, 4.69) is 41.5 Å². The predicted molar refractivity (Wildman–Crippen MR) is 89.2 cm³/mol. The zero-order chi connectivity index (χ0) is 16.1. The van der Waals surface area contributed by atoms with Crippen LogP contribution in [0.1, 0.15) is 92.9 Å². The highest BCUT2D eigenvalue weighted by molar-refractivity contribution is 5.76. The molecule has 0 N–H and O–H groups in total. The molecule has 2 nitrogen and oxygen atoms in total. The van der Waals surface area contributed by atoms with E-state index in [1.807, 2.05) is 0 Å². The van der Waals surface area contributed by atoms with Crippen LogP contribution in [0.15, 0.2) is 0 Å². The van der Waals surface area contributed by atoms with Gasteiger partial charge >= 0.3 is 5.97 Å². The summed E-state index contributed by atoms with van der Waals surface area (Å²) in [4.78, 5) is 12.9. The minimum Gasteiger partial charge on any atom is -0.458 e. The van der Waals surface area contributed by atoms with Crippen molar-refractivity contribution >= 4 is 5.97 Å². The van der Waals surface area contributed by atoms with Crippen molar-refractivity contribution in [3.05, 3.63) is 0 Å². The first-order chi connectivity index (χ1) is 9.83. The number of carbonyl (C=O) groups excluding carboxylic acids is 1. The van der Waals surface area contributed by atoms with Gasteiger partial charge in [-0.1, -0.05) is 47.5 Å². The fraction of sp³-hybridized carbons (Fsp3) is 0.947. The van der Waals surface area contributed by atoms with Crippen LogP contribution in [0.3, 0.4) is 0 Å². The monoisotopic (exact) mass is 296 g/mol. The summed E-state index contributed by atoms with van der Waals surface area (Å²) >= 11 is 0. The molecule has 0 heterocycles. The Bertz CT molecular complexity index is 324. The molecule has 1 rings (SSSR count). The summed E-state index contributed by atoms with van der Waals surface area (Å²) in [7, 11) is 0. The van der Waals surface area contributed by atoms with Gasteiger partial charge in [0.25, 0.3) is 0 Å². The Balaban J connectivity index is 2.89. The molecule has 0 aromatic rings. The third kappa shape index (κ3) is 4.23. The third-order valence-corrected chi connectivity index (χ3v) is 5.72. The molecule has 1 aliphatic rings. The molecule has 1 atom stereocenters. The van der Waals surface area contributed by atoms with Crippen LogP contribution in [0.25, 0.3) is 0 Å². The van der Waals surface area contributed by atoms with Gasteiger partial charge in [-0.3, -0.25) is 4.79 Å². The Labute approximate surface area is 132 Å². The molecule has 0 bridgehead atoms. The minimum absolute atomic E-state index is 0.0364. The van der Waals surface area contributed by atoms with E-state index in [4.69, 9.17) is 4.74 Å². The maximum atomic E-state index is 12.9. The van der Waals surface area contributed by atoms with Gasteiger partial charge in [-0.25, -0.2) is 0 Å². The fourth-order valence-corrected chi connectivity index (χ4v) is 4.09. The lowest BCUT2D eigenvalue weighted by atomic mass is 9.78. The second-order valence-electron chi connectivity index (χ2n) is 7.65. The van der Waals surface area contributed by atoms with E-state index >= 15 is 0 Å². The van der Waals surface area contributed by atoms with Crippen molar-refractivity contribution in [3.63, 3.8) is 0 Å². The van der Waals surface area contributed by atoms with Crippen LogP contribution < -0.4 is 0 Å². The van der Waals surface area contributed by atoms with E-state index in [-0.39, 0.29) is 17.0 Å². The van der Waals surface area contributed by atoms with Gasteiger partial charge in [0, 0.05) is 0 Å². The van der Waals surface area contributed by atoms with E-state index in [9.17, 15) is 4.79 Å². The average Bonchev–Trinajstić information content (AvgIpc) is 2.98. The van der Waals surface area contributed by atoms with E-state index in [0.29, 0.717) is 11.8 Å². The van der Waals surface area contributed by atoms with Crippen LogP contribution >= 0.6 is 0 Å². The van der Waals surface area contributed by atoms with E-state index in [1.165, 1.54) is 25.7 Å². The Morgan fingerprint density at radius 2 is 1.62 bits per heavy atom. The summed E-state index contributed by atoms with van der Waals surface area (Å²) in [5.74, 6) is 1.12. The van der Waals surface area contributed by atoms with Crippen LogP contribution in [0.2, 0.25) is 0 Å². The zero-order valence-corrected chi connectivity index (χ0v) is 15.1. The number of esters is 1. The fourth-order valence-electron chi connectivity index (χ4n) is 4.09. The second kappa shape index (κ2) is 7.65. The molecular formula is C19H36O2. The van der Waals surface area contributed by atoms with Gasteiger partial charge in [-0.05, 0) is 57.3 Å². The summed E-state index contributed by atoms with van der Waals surface area (Å²) in [6, 6.07) is 0. The van der Waals surface area contributed by atoms with Crippen LogP contribution in [-0.2, 0) is 9.53 Å². The van der Waals surface area contributed by atoms with Gasteiger partial charge in [0.1, 0.15) is 5.60 Å². The molecule has 1 aliphatic carbocycles. The standard InChI is InChI=1S/C19H36O2/c1-7-18(6,14-15(4)5)17(20)21-19(8-2,9-3)16-12-10-11-13-16/h15-16H,7-14H2,1-6H3. The van der Waals surface area contributed by atoms with E-state index < -0.39 is 0 Å². The van der Waals surface area contributed by atoms with Crippen LogP contribution in [0.4, 0.5) is 0 Å². The number of rotatable bonds is 8. The van der Waals surface area contributed by atoms with Crippen molar-refractivity contribution in [1.82, 2.24) is 0 Å². The number of carbonyl (C=O) groups is 1. The van der Waals surface area contributed by atoms with Crippen molar-refractivity contribution in [3.8, 4) is 0 Å². The molecule has 2 heteroatoms. The molecule has 0 saturated heterocycles. The number of hydrogen-bond donors (Lipinski definition) is 0. The topological polar surface area (TPSA) is 26.3 Å².